The Morgan fingerprint density at radius 3 is 2.57 bits per heavy atom. The van der Waals surface area contributed by atoms with Crippen molar-refractivity contribution >= 4 is 35.6 Å². The molecule has 0 unspecified atom stereocenters. The molecule has 3 nitrogen and oxygen atoms in total. The Bertz CT molecular complexity index is 330. The molecule has 14 heavy (non-hydrogen) atoms. The summed E-state index contributed by atoms with van der Waals surface area (Å²) in [6, 6.07) is 3.43. The summed E-state index contributed by atoms with van der Waals surface area (Å²) in [4.78, 5) is 7.91. The third-order valence-electron chi connectivity index (χ3n) is 1.45. The maximum atomic E-state index is 6.79. The largest absolute Gasteiger partial charge is 0.313 e. The maximum absolute atomic E-state index is 6.79. The first kappa shape index (κ1) is 11.1. The molecule has 0 amide bonds. The summed E-state index contributed by atoms with van der Waals surface area (Å²) in [5.74, 6) is 0. The van der Waals surface area contributed by atoms with Crippen LogP contribution in [-0.2, 0) is 6.54 Å². The van der Waals surface area contributed by atoms with Crippen molar-refractivity contribution in [1.29, 1.82) is 5.41 Å². The lowest BCUT2D eigenvalue weighted by Crippen LogP contribution is -1.86. The van der Waals surface area contributed by atoms with Gasteiger partial charge >= 0.3 is 0 Å². The molecular weight excluding hydrogens is 221 g/mol. The van der Waals surface area contributed by atoms with E-state index in [4.69, 9.17) is 28.6 Å². The number of hydrogen-bond acceptors (Lipinski definition) is 3. The highest BCUT2D eigenvalue weighted by Gasteiger charge is 1.97. The molecule has 0 bridgehead atoms. The van der Waals surface area contributed by atoms with Crippen LogP contribution >= 0.6 is 23.2 Å². The monoisotopic (exact) mass is 229 g/mol. The van der Waals surface area contributed by atoms with Crippen LogP contribution in [0.3, 0.4) is 0 Å². The Hall–Kier alpha value is -0.930. The lowest BCUT2D eigenvalue weighted by Gasteiger charge is -1.97. The number of halogens is 2. The molecule has 0 atom stereocenters. The van der Waals surface area contributed by atoms with Crippen molar-refractivity contribution < 1.29 is 0 Å². The topological polar surface area (TPSA) is 49.1 Å². The van der Waals surface area contributed by atoms with E-state index in [0.29, 0.717) is 23.3 Å². The van der Waals surface area contributed by atoms with Gasteiger partial charge in [-0.2, -0.15) is 0 Å². The van der Waals surface area contributed by atoms with Crippen molar-refractivity contribution in [2.24, 2.45) is 4.99 Å². The summed E-state index contributed by atoms with van der Waals surface area (Å²) in [6.07, 6.45) is 3.51. The molecular formula is C9H9Cl2N3. The highest BCUT2D eigenvalue weighted by Crippen LogP contribution is 2.14. The zero-order chi connectivity index (χ0) is 10.4. The van der Waals surface area contributed by atoms with Gasteiger partial charge in [-0.05, 0) is 17.7 Å². The van der Waals surface area contributed by atoms with E-state index in [2.05, 4.69) is 9.98 Å². The molecule has 0 spiro atoms. The predicted octanol–water partition coefficient (Wildman–Crippen LogP) is 3.00. The van der Waals surface area contributed by atoms with Crippen molar-refractivity contribution in [3.63, 3.8) is 0 Å². The summed E-state index contributed by atoms with van der Waals surface area (Å²) < 4.78 is 0. The molecule has 74 valence electrons. The number of pyridine rings is 1. The van der Waals surface area contributed by atoms with Crippen molar-refractivity contribution in [2.45, 2.75) is 13.0 Å². The minimum Gasteiger partial charge on any atom is -0.313 e. The van der Waals surface area contributed by atoms with Gasteiger partial charge in [-0.25, -0.2) is 4.98 Å². The molecule has 1 aromatic rings. The SMILES string of the molecule is N=CCC=NCc1cc(Cl)nc(Cl)c1. The number of aromatic nitrogens is 1. The summed E-state index contributed by atoms with van der Waals surface area (Å²) in [6.45, 7) is 0.510. The first-order valence-electron chi connectivity index (χ1n) is 4.01. The smallest absolute Gasteiger partial charge is 0.131 e. The highest BCUT2D eigenvalue weighted by atomic mass is 35.5. The zero-order valence-corrected chi connectivity index (χ0v) is 8.89. The quantitative estimate of drug-likeness (QED) is 0.627. The van der Waals surface area contributed by atoms with E-state index >= 15 is 0 Å². The second kappa shape index (κ2) is 5.73. The minimum atomic E-state index is 0.370. The summed E-state index contributed by atoms with van der Waals surface area (Å²) in [5, 5.41) is 7.53. The second-order valence-corrected chi connectivity index (χ2v) is 3.36. The van der Waals surface area contributed by atoms with E-state index in [1.165, 1.54) is 6.21 Å². The Morgan fingerprint density at radius 2 is 2.00 bits per heavy atom. The van der Waals surface area contributed by atoms with Crippen LogP contribution in [-0.4, -0.2) is 17.4 Å². The summed E-state index contributed by atoms with van der Waals surface area (Å²) >= 11 is 11.4. The van der Waals surface area contributed by atoms with Gasteiger partial charge in [0.2, 0.25) is 0 Å². The molecule has 1 aromatic heterocycles. The summed E-state index contributed by atoms with van der Waals surface area (Å²) in [7, 11) is 0. The van der Waals surface area contributed by atoms with Gasteiger partial charge in [-0.1, -0.05) is 23.2 Å². The molecule has 0 saturated heterocycles. The van der Waals surface area contributed by atoms with Gasteiger partial charge in [0.15, 0.2) is 0 Å². The molecule has 1 heterocycles. The Kier molecular flexibility index (Phi) is 4.56. The van der Waals surface area contributed by atoms with Gasteiger partial charge in [0, 0.05) is 18.9 Å². The van der Waals surface area contributed by atoms with E-state index in [-0.39, 0.29) is 0 Å². The van der Waals surface area contributed by atoms with Crippen LogP contribution in [0.4, 0.5) is 0 Å². The van der Waals surface area contributed by atoms with Gasteiger partial charge in [0.1, 0.15) is 10.3 Å². The Morgan fingerprint density at radius 1 is 1.36 bits per heavy atom. The Labute approximate surface area is 92.3 Å². The fourth-order valence-electron chi connectivity index (χ4n) is 0.903. The number of hydrogen-bond donors (Lipinski definition) is 1. The standard InChI is InChI=1S/C9H9Cl2N3/c10-8-4-7(5-9(11)14-8)6-13-3-1-2-12/h2-5,12H,1,6H2. The third kappa shape index (κ3) is 3.85. The molecule has 0 aliphatic heterocycles. The van der Waals surface area contributed by atoms with Gasteiger partial charge in [0.05, 0.1) is 6.54 Å². The first-order valence-corrected chi connectivity index (χ1v) is 4.77. The average molecular weight is 230 g/mol. The van der Waals surface area contributed by atoms with Crippen LogP contribution in [0.5, 0.6) is 0 Å². The highest BCUT2D eigenvalue weighted by molar-refractivity contribution is 6.32. The molecule has 0 aliphatic carbocycles. The molecule has 0 aliphatic rings. The van der Waals surface area contributed by atoms with Crippen LogP contribution in [0.2, 0.25) is 10.3 Å². The molecule has 0 saturated carbocycles. The molecule has 1 rings (SSSR count). The van der Waals surface area contributed by atoms with Gasteiger partial charge in [-0.15, -0.1) is 0 Å². The van der Waals surface area contributed by atoms with Crippen LogP contribution in [0.1, 0.15) is 12.0 Å². The van der Waals surface area contributed by atoms with Crippen LogP contribution in [0, 0.1) is 5.41 Å². The van der Waals surface area contributed by atoms with E-state index in [1.54, 1.807) is 18.3 Å². The molecule has 0 aromatic carbocycles. The number of aliphatic imine (C=N–C) groups is 1. The number of nitrogens with zero attached hydrogens (tertiary/aromatic N) is 2. The lowest BCUT2D eigenvalue weighted by molar-refractivity contribution is 1.06. The van der Waals surface area contributed by atoms with Gasteiger partial charge in [0.25, 0.3) is 0 Å². The Balaban J connectivity index is 2.62. The van der Waals surface area contributed by atoms with Crippen LogP contribution in [0.15, 0.2) is 17.1 Å². The van der Waals surface area contributed by atoms with Crippen molar-refractivity contribution in [1.82, 2.24) is 4.98 Å². The normalized spacial score (nSPS) is 10.7. The summed E-state index contributed by atoms with van der Waals surface area (Å²) in [5.41, 5.74) is 0.913. The van der Waals surface area contributed by atoms with Gasteiger partial charge < -0.3 is 5.41 Å². The lowest BCUT2D eigenvalue weighted by atomic mass is 10.3. The van der Waals surface area contributed by atoms with Crippen LogP contribution in [0.25, 0.3) is 0 Å². The van der Waals surface area contributed by atoms with E-state index in [1.807, 2.05) is 0 Å². The zero-order valence-electron chi connectivity index (χ0n) is 7.37. The van der Waals surface area contributed by atoms with E-state index in [9.17, 15) is 0 Å². The molecule has 0 fully saturated rings. The number of nitrogens with one attached hydrogen (secondary N) is 1. The second-order valence-electron chi connectivity index (χ2n) is 2.58. The predicted molar refractivity (Wildman–Crippen MR) is 59.9 cm³/mol. The molecule has 5 heteroatoms. The first-order chi connectivity index (χ1) is 6.72. The average Bonchev–Trinajstić information content (AvgIpc) is 2.11. The molecule has 1 N–H and O–H groups in total. The van der Waals surface area contributed by atoms with Crippen molar-refractivity contribution in [3.8, 4) is 0 Å². The fourth-order valence-corrected chi connectivity index (χ4v) is 1.41. The number of rotatable bonds is 4. The third-order valence-corrected chi connectivity index (χ3v) is 1.84. The fraction of sp³-hybridized carbons (Fsp3) is 0.222. The van der Waals surface area contributed by atoms with E-state index in [0.717, 1.165) is 5.56 Å². The van der Waals surface area contributed by atoms with Crippen molar-refractivity contribution in [3.05, 3.63) is 28.0 Å². The van der Waals surface area contributed by atoms with Gasteiger partial charge in [-0.3, -0.25) is 4.99 Å². The van der Waals surface area contributed by atoms with Crippen molar-refractivity contribution in [2.75, 3.05) is 0 Å². The van der Waals surface area contributed by atoms with Crippen LogP contribution < -0.4 is 0 Å². The molecule has 0 radical (unpaired) electrons. The minimum absolute atomic E-state index is 0.370. The van der Waals surface area contributed by atoms with E-state index < -0.39 is 0 Å². The maximum Gasteiger partial charge on any atom is 0.131 e.